The van der Waals surface area contributed by atoms with Gasteiger partial charge in [0, 0.05) is 27.9 Å². The topological polar surface area (TPSA) is 101 Å². The summed E-state index contributed by atoms with van der Waals surface area (Å²) in [6, 6.07) is 15.8. The molecule has 1 spiro atoms. The van der Waals surface area contributed by atoms with E-state index in [9.17, 15) is 9.59 Å². The average molecular weight is 483 g/mol. The quantitative estimate of drug-likeness (QED) is 0.394. The van der Waals surface area contributed by atoms with Crippen molar-refractivity contribution in [3.63, 3.8) is 0 Å². The summed E-state index contributed by atoms with van der Waals surface area (Å²) < 4.78 is 5.32. The third kappa shape index (κ3) is 3.12. The number of amides is 1. The zero-order valence-electron chi connectivity index (χ0n) is 18.5. The highest BCUT2D eigenvalue weighted by atomic mass is 35.5. The number of rotatable bonds is 3. The van der Waals surface area contributed by atoms with E-state index in [1.165, 1.54) is 5.56 Å². The van der Waals surface area contributed by atoms with Crippen molar-refractivity contribution in [3.05, 3.63) is 98.2 Å². The number of halogens is 1. The number of oxazole rings is 1. The Bertz CT molecular complexity index is 1760. The highest BCUT2D eigenvalue weighted by Gasteiger charge is 2.51. The van der Waals surface area contributed by atoms with Gasteiger partial charge in [-0.3, -0.25) is 14.8 Å². The lowest BCUT2D eigenvalue weighted by atomic mass is 9.79. The molecular formula is C27H19ClN4O3. The standard InChI is InChI=1S/C27H19ClN4O3/c28-18-9-15(23-22(11-18)31-26(34)35-23)4-6-19-5-3-14-8-16-12-27(13-17(16)10-21(14)30-19)20-2-1-7-29-24(20)32-25(27)33/h1-3,5,7-11H,4,6,12-13H2,(H,31,34)(H,29,32,33). The molecule has 1 aliphatic heterocycles. The summed E-state index contributed by atoms with van der Waals surface area (Å²) in [4.78, 5) is 36.6. The second kappa shape index (κ2) is 7.26. The van der Waals surface area contributed by atoms with Gasteiger partial charge in [0.1, 0.15) is 5.82 Å². The molecule has 1 aliphatic carbocycles. The lowest BCUT2D eigenvalue weighted by molar-refractivity contribution is -0.120. The third-order valence-electron chi connectivity index (χ3n) is 7.26. The van der Waals surface area contributed by atoms with Crippen molar-refractivity contribution in [1.82, 2.24) is 15.0 Å². The van der Waals surface area contributed by atoms with E-state index < -0.39 is 11.2 Å². The van der Waals surface area contributed by atoms with Crippen molar-refractivity contribution < 1.29 is 9.21 Å². The van der Waals surface area contributed by atoms with E-state index in [4.69, 9.17) is 21.0 Å². The number of nitrogens with zero attached hydrogens (tertiary/aromatic N) is 2. The Kier molecular flexibility index (Phi) is 4.23. The molecule has 0 saturated carbocycles. The van der Waals surface area contributed by atoms with E-state index in [1.807, 2.05) is 24.3 Å². The van der Waals surface area contributed by atoms with Crippen LogP contribution in [0.25, 0.3) is 22.0 Å². The fourth-order valence-electron chi connectivity index (χ4n) is 5.62. The van der Waals surface area contributed by atoms with Crippen LogP contribution in [0.1, 0.15) is 27.9 Å². The van der Waals surface area contributed by atoms with Gasteiger partial charge < -0.3 is 9.73 Å². The van der Waals surface area contributed by atoms with Gasteiger partial charge in [-0.2, -0.15) is 0 Å². The van der Waals surface area contributed by atoms with Gasteiger partial charge in [0.25, 0.3) is 0 Å². The van der Waals surface area contributed by atoms with Gasteiger partial charge in [-0.1, -0.05) is 23.7 Å². The first-order chi connectivity index (χ1) is 17.0. The van der Waals surface area contributed by atoms with Crippen LogP contribution in [-0.4, -0.2) is 20.9 Å². The Morgan fingerprint density at radius 1 is 1.03 bits per heavy atom. The number of aromatic amines is 1. The summed E-state index contributed by atoms with van der Waals surface area (Å²) in [7, 11) is 0. The number of anilines is 1. The number of aromatic nitrogens is 3. The number of aryl methyl sites for hydroxylation is 2. The average Bonchev–Trinajstić information content (AvgIpc) is 3.48. The molecule has 4 heterocycles. The molecule has 1 amide bonds. The Morgan fingerprint density at radius 3 is 2.77 bits per heavy atom. The molecule has 3 aromatic heterocycles. The van der Waals surface area contributed by atoms with E-state index in [2.05, 4.69) is 33.5 Å². The van der Waals surface area contributed by atoms with E-state index in [-0.39, 0.29) is 5.91 Å². The Balaban J connectivity index is 1.20. The summed E-state index contributed by atoms with van der Waals surface area (Å²) in [5, 5.41) is 4.56. The smallest absolute Gasteiger partial charge is 0.408 e. The van der Waals surface area contributed by atoms with Crippen molar-refractivity contribution in [1.29, 1.82) is 0 Å². The molecule has 0 radical (unpaired) electrons. The Labute approximate surface area is 204 Å². The molecule has 8 heteroatoms. The number of hydrogen-bond acceptors (Lipinski definition) is 5. The number of nitrogens with one attached hydrogen (secondary N) is 2. The zero-order chi connectivity index (χ0) is 23.7. The second-order valence-electron chi connectivity index (χ2n) is 9.36. The van der Waals surface area contributed by atoms with Gasteiger partial charge in [0.15, 0.2) is 5.58 Å². The van der Waals surface area contributed by atoms with E-state index in [0.717, 1.165) is 33.3 Å². The summed E-state index contributed by atoms with van der Waals surface area (Å²) in [6.45, 7) is 0. The van der Waals surface area contributed by atoms with Gasteiger partial charge in [-0.05, 0) is 78.8 Å². The lowest BCUT2D eigenvalue weighted by Crippen LogP contribution is -2.35. The minimum atomic E-state index is -0.593. The van der Waals surface area contributed by atoms with Crippen LogP contribution in [0, 0.1) is 0 Å². The molecule has 1 unspecified atom stereocenters. The van der Waals surface area contributed by atoms with Gasteiger partial charge in [0.05, 0.1) is 16.4 Å². The maximum Gasteiger partial charge on any atom is 0.417 e. The molecule has 35 heavy (non-hydrogen) atoms. The molecule has 2 N–H and O–H groups in total. The highest BCUT2D eigenvalue weighted by Crippen LogP contribution is 2.47. The number of hydrogen-bond donors (Lipinski definition) is 2. The first-order valence-electron chi connectivity index (χ1n) is 11.5. The first kappa shape index (κ1) is 20.4. The molecule has 0 fully saturated rings. The summed E-state index contributed by atoms with van der Waals surface area (Å²) in [5.41, 5.74) is 6.56. The first-order valence-corrected chi connectivity index (χ1v) is 11.9. The van der Waals surface area contributed by atoms with Crippen LogP contribution < -0.4 is 11.1 Å². The van der Waals surface area contributed by atoms with Gasteiger partial charge in [-0.25, -0.2) is 9.78 Å². The molecule has 172 valence electrons. The van der Waals surface area contributed by atoms with Gasteiger partial charge in [0.2, 0.25) is 5.91 Å². The van der Waals surface area contributed by atoms with E-state index in [0.29, 0.717) is 47.6 Å². The minimum Gasteiger partial charge on any atom is -0.408 e. The molecule has 2 aromatic carbocycles. The molecule has 2 aliphatic rings. The van der Waals surface area contributed by atoms with Crippen LogP contribution in [0.3, 0.4) is 0 Å². The van der Waals surface area contributed by atoms with Crippen LogP contribution in [0.5, 0.6) is 0 Å². The molecule has 1 atom stereocenters. The lowest BCUT2D eigenvalue weighted by Gasteiger charge is -2.20. The molecule has 0 bridgehead atoms. The fourth-order valence-corrected chi connectivity index (χ4v) is 5.86. The minimum absolute atomic E-state index is 0.0179. The molecule has 7 nitrogen and oxygen atoms in total. The fraction of sp³-hybridized carbons (Fsp3) is 0.185. The SMILES string of the molecule is O=C1Nc2ncccc2C12Cc1cc3ccc(CCc4cc(Cl)cc5[nH]c(=O)oc45)nc3cc1C2. The number of fused-ring (bicyclic) bond motifs is 5. The maximum atomic E-state index is 13.0. The summed E-state index contributed by atoms with van der Waals surface area (Å²) in [5.74, 6) is 0.196. The van der Waals surface area contributed by atoms with Gasteiger partial charge in [-0.15, -0.1) is 0 Å². The number of H-pyrrole nitrogens is 1. The van der Waals surface area contributed by atoms with Crippen LogP contribution >= 0.6 is 11.6 Å². The van der Waals surface area contributed by atoms with Crippen molar-refractivity contribution in [2.45, 2.75) is 31.1 Å². The zero-order valence-corrected chi connectivity index (χ0v) is 19.3. The second-order valence-corrected chi connectivity index (χ2v) is 9.80. The number of benzene rings is 2. The summed E-state index contributed by atoms with van der Waals surface area (Å²) >= 11 is 6.23. The maximum absolute atomic E-state index is 13.0. The van der Waals surface area contributed by atoms with Gasteiger partial charge >= 0.3 is 5.76 Å². The number of pyridine rings is 2. The van der Waals surface area contributed by atoms with Crippen LogP contribution in [0.15, 0.2) is 63.9 Å². The van der Waals surface area contributed by atoms with Crippen molar-refractivity contribution in [3.8, 4) is 0 Å². The monoisotopic (exact) mass is 482 g/mol. The number of carbonyl (C=O) groups is 1. The summed E-state index contributed by atoms with van der Waals surface area (Å²) in [6.07, 6.45) is 4.31. The van der Waals surface area contributed by atoms with Crippen molar-refractivity contribution in [2.24, 2.45) is 0 Å². The molecular weight excluding hydrogens is 464 g/mol. The molecule has 5 aromatic rings. The van der Waals surface area contributed by atoms with Crippen molar-refractivity contribution in [2.75, 3.05) is 5.32 Å². The normalized spacial score (nSPS) is 18.4. The number of carbonyl (C=O) groups excluding carboxylic acids is 1. The molecule has 0 saturated heterocycles. The largest absolute Gasteiger partial charge is 0.417 e. The van der Waals surface area contributed by atoms with Crippen molar-refractivity contribution >= 4 is 45.3 Å². The highest BCUT2D eigenvalue weighted by molar-refractivity contribution is 6.31. The molecule has 7 rings (SSSR count). The van der Waals surface area contributed by atoms with E-state index >= 15 is 0 Å². The van der Waals surface area contributed by atoms with E-state index in [1.54, 1.807) is 12.3 Å². The third-order valence-corrected chi connectivity index (χ3v) is 7.47. The Hall–Kier alpha value is -3.97. The van der Waals surface area contributed by atoms with Crippen LogP contribution in [0.2, 0.25) is 5.02 Å². The van der Waals surface area contributed by atoms with Crippen LogP contribution in [-0.2, 0) is 35.9 Å². The predicted octanol–water partition coefficient (Wildman–Crippen LogP) is 4.49. The van der Waals surface area contributed by atoms with Crippen LogP contribution in [0.4, 0.5) is 5.82 Å². The predicted molar refractivity (Wildman–Crippen MR) is 133 cm³/mol. The Morgan fingerprint density at radius 2 is 1.89 bits per heavy atom.